The molecule has 214 valence electrons. The molecule has 4 aromatic rings. The van der Waals surface area contributed by atoms with Crippen LogP contribution in [0.25, 0.3) is 11.3 Å². The number of halogens is 2. The summed E-state index contributed by atoms with van der Waals surface area (Å²) in [5.74, 6) is 0.0863. The number of rotatable bonds is 8. The number of carboxylic acids is 1. The van der Waals surface area contributed by atoms with Crippen molar-refractivity contribution in [2.45, 2.75) is 59.5 Å². The number of nitrogens with one attached hydrogen (secondary N) is 2. The second-order valence-electron chi connectivity index (χ2n) is 11.1. The van der Waals surface area contributed by atoms with E-state index in [0.717, 1.165) is 33.8 Å². The van der Waals surface area contributed by atoms with Crippen molar-refractivity contribution < 1.29 is 14.3 Å². The molecular weight excluding hydrogens is 543 g/mol. The lowest BCUT2D eigenvalue weighted by Gasteiger charge is -2.43. The second kappa shape index (κ2) is 11.6. The number of aliphatic carboxylic acids is 1. The number of nitrogens with zero attached hydrogens (tertiary/aromatic N) is 4. The number of aromatic nitrogens is 4. The number of likely N-dealkylation sites (tertiary alicyclic amines) is 1. The Balaban J connectivity index is 1.38. The van der Waals surface area contributed by atoms with Gasteiger partial charge in [0.15, 0.2) is 5.82 Å². The minimum Gasteiger partial charge on any atom is -0.481 e. The van der Waals surface area contributed by atoms with Gasteiger partial charge in [-0.25, -0.2) is 9.37 Å². The monoisotopic (exact) mass is 576 g/mol. The third-order valence-corrected chi connectivity index (χ3v) is 8.47. The van der Waals surface area contributed by atoms with Crippen molar-refractivity contribution >= 4 is 29.2 Å². The predicted octanol–water partition coefficient (Wildman–Crippen LogP) is 6.63. The molecule has 0 saturated carbocycles. The minimum absolute atomic E-state index is 0.0703. The van der Waals surface area contributed by atoms with E-state index < -0.39 is 17.2 Å². The summed E-state index contributed by atoms with van der Waals surface area (Å²) >= 11 is 5.98. The topological polar surface area (TPSA) is 107 Å². The van der Waals surface area contributed by atoms with Crippen LogP contribution in [0.5, 0.6) is 0 Å². The van der Waals surface area contributed by atoms with Gasteiger partial charge in [0.1, 0.15) is 11.6 Å². The quantitative estimate of drug-likeness (QED) is 0.216. The van der Waals surface area contributed by atoms with Crippen LogP contribution in [-0.4, -0.2) is 48.7 Å². The Morgan fingerprint density at radius 2 is 2.02 bits per heavy atom. The lowest BCUT2D eigenvalue weighted by molar-refractivity contribution is -0.153. The highest BCUT2D eigenvalue weighted by Crippen LogP contribution is 2.40. The van der Waals surface area contributed by atoms with Crippen molar-refractivity contribution in [2.24, 2.45) is 5.41 Å². The van der Waals surface area contributed by atoms with Crippen LogP contribution in [0.3, 0.4) is 0 Å². The Labute approximate surface area is 244 Å². The van der Waals surface area contributed by atoms with Gasteiger partial charge in [0, 0.05) is 53.8 Å². The first-order valence-electron chi connectivity index (χ1n) is 13.7. The molecule has 8 nitrogen and oxygen atoms in total. The van der Waals surface area contributed by atoms with E-state index in [2.05, 4.69) is 25.4 Å². The largest absolute Gasteiger partial charge is 0.481 e. The van der Waals surface area contributed by atoms with Gasteiger partial charge < -0.3 is 10.4 Å². The molecule has 0 radical (unpaired) electrons. The van der Waals surface area contributed by atoms with Crippen molar-refractivity contribution in [2.75, 3.05) is 11.9 Å². The Hall–Kier alpha value is -3.82. The number of pyridine rings is 2. The number of H-pyrrole nitrogens is 1. The fraction of sp³-hybridized carbons (Fsp3) is 0.355. The predicted molar refractivity (Wildman–Crippen MR) is 158 cm³/mol. The molecule has 4 heterocycles. The molecule has 1 aromatic carbocycles. The summed E-state index contributed by atoms with van der Waals surface area (Å²) in [5.41, 5.74) is 4.84. The molecule has 2 atom stereocenters. The van der Waals surface area contributed by atoms with Gasteiger partial charge in [0.2, 0.25) is 0 Å². The van der Waals surface area contributed by atoms with Gasteiger partial charge in [-0.05, 0) is 76.4 Å². The molecule has 0 spiro atoms. The lowest BCUT2D eigenvalue weighted by atomic mass is 9.71. The molecule has 5 rings (SSSR count). The molecule has 3 N–H and O–H groups in total. The highest BCUT2D eigenvalue weighted by Gasteiger charge is 2.45. The summed E-state index contributed by atoms with van der Waals surface area (Å²) in [6.07, 6.45) is 2.89. The van der Waals surface area contributed by atoms with Gasteiger partial charge >= 0.3 is 5.97 Å². The van der Waals surface area contributed by atoms with Crippen molar-refractivity contribution in [3.63, 3.8) is 0 Å². The summed E-state index contributed by atoms with van der Waals surface area (Å²) in [6.45, 7) is 8.82. The van der Waals surface area contributed by atoms with Crippen LogP contribution >= 0.6 is 11.6 Å². The van der Waals surface area contributed by atoms with E-state index in [0.29, 0.717) is 49.6 Å². The molecule has 0 amide bonds. The molecule has 41 heavy (non-hydrogen) atoms. The number of benzene rings is 1. The molecule has 1 saturated heterocycles. The average Bonchev–Trinajstić information content (AvgIpc) is 3.35. The Kier molecular flexibility index (Phi) is 8.11. The second-order valence-corrected chi connectivity index (χ2v) is 11.5. The molecule has 0 aliphatic carbocycles. The fourth-order valence-electron chi connectivity index (χ4n) is 5.75. The molecule has 0 unspecified atom stereocenters. The van der Waals surface area contributed by atoms with Gasteiger partial charge in [-0.3, -0.25) is 19.8 Å². The third-order valence-electron chi connectivity index (χ3n) is 8.17. The van der Waals surface area contributed by atoms with E-state index >= 15 is 0 Å². The first kappa shape index (κ1) is 28.7. The average molecular weight is 577 g/mol. The number of carbonyl (C=O) groups is 1. The van der Waals surface area contributed by atoms with Crippen LogP contribution < -0.4 is 5.32 Å². The SMILES string of the molecule is Cc1cc(Nc2ccc(C)c(-c3ccnc(C[C@@]4(C(=O)O)CCN(Cc5cccc(Cl)c5F)[C@H](C)C4)c3C)n2)n[nH]1. The molecule has 0 bridgehead atoms. The van der Waals surface area contributed by atoms with E-state index in [9.17, 15) is 14.3 Å². The summed E-state index contributed by atoms with van der Waals surface area (Å²) in [7, 11) is 0. The molecule has 10 heteroatoms. The smallest absolute Gasteiger partial charge is 0.310 e. The third kappa shape index (κ3) is 5.96. The van der Waals surface area contributed by atoms with Gasteiger partial charge in [-0.1, -0.05) is 29.8 Å². The van der Waals surface area contributed by atoms with Gasteiger partial charge in [-0.15, -0.1) is 0 Å². The zero-order valence-corrected chi connectivity index (χ0v) is 24.4. The zero-order chi connectivity index (χ0) is 29.3. The van der Waals surface area contributed by atoms with Crippen LogP contribution in [0.1, 0.15) is 47.8 Å². The van der Waals surface area contributed by atoms with Crippen molar-refractivity contribution in [1.29, 1.82) is 0 Å². The maximum atomic E-state index is 14.6. The van der Waals surface area contributed by atoms with Crippen LogP contribution in [-0.2, 0) is 17.8 Å². The van der Waals surface area contributed by atoms with Gasteiger partial charge in [0.25, 0.3) is 0 Å². The van der Waals surface area contributed by atoms with E-state index in [1.165, 1.54) is 6.07 Å². The Morgan fingerprint density at radius 3 is 2.73 bits per heavy atom. The van der Waals surface area contributed by atoms with E-state index in [1.807, 2.05) is 52.0 Å². The molecule has 1 aliphatic rings. The normalized spacial score (nSPS) is 19.3. The molecule has 1 fully saturated rings. The number of anilines is 2. The Bertz CT molecular complexity index is 1590. The fourth-order valence-corrected chi connectivity index (χ4v) is 5.94. The van der Waals surface area contributed by atoms with Crippen molar-refractivity contribution in [3.05, 3.63) is 87.6 Å². The lowest BCUT2D eigenvalue weighted by Crippen LogP contribution is -2.49. The zero-order valence-electron chi connectivity index (χ0n) is 23.6. The van der Waals surface area contributed by atoms with Crippen LogP contribution in [0.2, 0.25) is 5.02 Å². The van der Waals surface area contributed by atoms with E-state index in [-0.39, 0.29) is 11.1 Å². The van der Waals surface area contributed by atoms with Gasteiger partial charge in [-0.2, -0.15) is 5.10 Å². The van der Waals surface area contributed by atoms with E-state index in [4.69, 9.17) is 16.6 Å². The highest BCUT2D eigenvalue weighted by atomic mass is 35.5. The number of piperidine rings is 1. The highest BCUT2D eigenvalue weighted by molar-refractivity contribution is 6.30. The number of carboxylic acid groups (broad SMARTS) is 1. The number of hydrogen-bond acceptors (Lipinski definition) is 6. The summed E-state index contributed by atoms with van der Waals surface area (Å²) in [6, 6.07) is 12.7. The number of hydrogen-bond donors (Lipinski definition) is 3. The summed E-state index contributed by atoms with van der Waals surface area (Å²) < 4.78 is 14.6. The van der Waals surface area contributed by atoms with Gasteiger partial charge in [0.05, 0.1) is 16.1 Å². The molecule has 3 aromatic heterocycles. The molecule has 1 aliphatic heterocycles. The minimum atomic E-state index is -0.983. The number of aromatic amines is 1. The number of aryl methyl sites for hydroxylation is 2. The summed E-state index contributed by atoms with van der Waals surface area (Å²) in [5, 5.41) is 20.9. The van der Waals surface area contributed by atoms with Crippen LogP contribution in [0, 0.1) is 32.0 Å². The van der Waals surface area contributed by atoms with E-state index in [1.54, 1.807) is 18.3 Å². The maximum Gasteiger partial charge on any atom is 0.310 e. The van der Waals surface area contributed by atoms with Crippen molar-refractivity contribution in [1.82, 2.24) is 25.1 Å². The summed E-state index contributed by atoms with van der Waals surface area (Å²) in [4.78, 5) is 24.4. The standard InChI is InChI=1S/C31H34ClFN6O2/c1-18-8-9-26(35-27-14-19(2)37-38-27)36-29(18)23-10-12-34-25(21(23)4)16-31(30(40)41)11-13-39(20(3)15-31)17-22-6-5-7-24(32)28(22)33/h5-10,12,14,20H,11,13,15-17H2,1-4H3,(H,40,41)(H2,35,36,37,38)/t20-,31-/m1/s1. The molecular formula is C31H34ClFN6O2. The Morgan fingerprint density at radius 1 is 1.22 bits per heavy atom. The van der Waals surface area contributed by atoms with Crippen LogP contribution in [0.15, 0.2) is 48.7 Å². The first-order chi connectivity index (χ1) is 19.6. The van der Waals surface area contributed by atoms with Crippen LogP contribution in [0.4, 0.5) is 16.0 Å². The van der Waals surface area contributed by atoms with Crippen molar-refractivity contribution in [3.8, 4) is 11.3 Å². The first-order valence-corrected chi connectivity index (χ1v) is 14.1. The maximum absolute atomic E-state index is 14.6.